The van der Waals surface area contributed by atoms with Crippen molar-refractivity contribution in [3.8, 4) is 0 Å². The van der Waals surface area contributed by atoms with E-state index in [-0.39, 0.29) is 18.2 Å². The third-order valence-corrected chi connectivity index (χ3v) is 6.22. The molecule has 2 amide bonds. The first-order chi connectivity index (χ1) is 12.3. The Bertz CT molecular complexity index is 722. The number of aliphatic carboxylic acids is 1. The van der Waals surface area contributed by atoms with Crippen LogP contribution in [-0.4, -0.2) is 58.4 Å². The minimum Gasteiger partial charge on any atom is -0.481 e. The summed E-state index contributed by atoms with van der Waals surface area (Å²) in [6, 6.07) is 8.06. The Morgan fingerprint density at radius 3 is 2.50 bits per heavy atom. The third kappa shape index (κ3) is 3.20. The van der Waals surface area contributed by atoms with Crippen LogP contribution in [0.15, 0.2) is 24.3 Å². The summed E-state index contributed by atoms with van der Waals surface area (Å²) in [5, 5.41) is 9.52. The smallest absolute Gasteiger partial charge is 0.309 e. The number of hydrogen-bond donors (Lipinski definition) is 1. The lowest BCUT2D eigenvalue weighted by Gasteiger charge is -2.45. The Balaban J connectivity index is 1.61. The fourth-order valence-corrected chi connectivity index (χ4v) is 4.42. The van der Waals surface area contributed by atoms with Crippen molar-refractivity contribution in [2.24, 2.45) is 5.92 Å². The number of carboxylic acids is 1. The molecule has 6 heteroatoms. The molecule has 2 fully saturated rings. The molecule has 1 N–H and O–H groups in total. The normalized spacial score (nSPS) is 22.1. The van der Waals surface area contributed by atoms with Gasteiger partial charge >= 0.3 is 5.97 Å². The van der Waals surface area contributed by atoms with E-state index < -0.39 is 17.4 Å². The maximum atomic E-state index is 12.6. The molecule has 26 heavy (non-hydrogen) atoms. The van der Waals surface area contributed by atoms with Crippen molar-refractivity contribution in [3.63, 3.8) is 0 Å². The average molecular weight is 358 g/mol. The van der Waals surface area contributed by atoms with E-state index in [0.717, 1.165) is 0 Å². The minimum absolute atomic E-state index is 0.0626. The van der Waals surface area contributed by atoms with Crippen LogP contribution in [0.3, 0.4) is 0 Å². The molecule has 1 atom stereocenters. The molecule has 1 aromatic rings. The van der Waals surface area contributed by atoms with E-state index in [1.54, 1.807) is 11.9 Å². The van der Waals surface area contributed by atoms with Crippen molar-refractivity contribution in [2.75, 3.05) is 20.1 Å². The molecule has 0 aliphatic carbocycles. The first-order valence-electron chi connectivity index (χ1n) is 9.17. The summed E-state index contributed by atoms with van der Waals surface area (Å²) in [7, 11) is 1.70. The number of carbonyl (C=O) groups excluding carboxylic acids is 2. The summed E-state index contributed by atoms with van der Waals surface area (Å²) in [6.45, 7) is 3.06. The third-order valence-electron chi connectivity index (χ3n) is 6.22. The molecule has 140 valence electrons. The number of carbonyl (C=O) groups is 3. The minimum atomic E-state index is -0.915. The highest BCUT2D eigenvalue weighted by Crippen LogP contribution is 2.42. The number of likely N-dealkylation sites (tertiary alicyclic amines) is 2. The van der Waals surface area contributed by atoms with E-state index >= 15 is 0 Å². The highest BCUT2D eigenvalue weighted by atomic mass is 16.4. The van der Waals surface area contributed by atoms with Gasteiger partial charge in [-0.05, 0) is 37.3 Å². The molecule has 1 spiro atoms. The van der Waals surface area contributed by atoms with Gasteiger partial charge in [-0.15, -0.1) is 0 Å². The van der Waals surface area contributed by atoms with E-state index in [1.165, 1.54) is 11.1 Å². The van der Waals surface area contributed by atoms with E-state index in [1.807, 2.05) is 36.1 Å². The van der Waals surface area contributed by atoms with Crippen LogP contribution in [0.1, 0.15) is 36.8 Å². The number of rotatable bonds is 4. The summed E-state index contributed by atoms with van der Waals surface area (Å²) in [5.41, 5.74) is 1.73. The van der Waals surface area contributed by atoms with Crippen molar-refractivity contribution >= 4 is 17.8 Å². The second kappa shape index (κ2) is 7.09. The highest BCUT2D eigenvalue weighted by molar-refractivity contribution is 5.88. The largest absolute Gasteiger partial charge is 0.481 e. The molecule has 0 radical (unpaired) electrons. The van der Waals surface area contributed by atoms with Gasteiger partial charge in [0, 0.05) is 33.0 Å². The lowest BCUT2D eigenvalue weighted by molar-refractivity contribution is -0.147. The van der Waals surface area contributed by atoms with Crippen molar-refractivity contribution in [1.29, 1.82) is 0 Å². The topological polar surface area (TPSA) is 77.9 Å². The molecule has 1 aromatic carbocycles. The Labute approximate surface area is 153 Å². The standard InChI is InChI=1S/C20H26N2O4/c1-14-5-3-4-6-15(14)7-8-17(23)22-11-9-20(10-12-22)16(19(25)26)13-18(24)21(20)2/h3-6,16H,7-13H2,1-2H3,(H,25,26). The fraction of sp³-hybridized carbons (Fsp3) is 0.550. The van der Waals surface area contributed by atoms with Gasteiger partial charge in [-0.2, -0.15) is 0 Å². The molecule has 0 saturated carbocycles. The molecule has 3 rings (SSSR count). The Morgan fingerprint density at radius 2 is 1.88 bits per heavy atom. The average Bonchev–Trinajstić information content (AvgIpc) is 2.87. The van der Waals surface area contributed by atoms with Crippen LogP contribution in [0.25, 0.3) is 0 Å². The Morgan fingerprint density at radius 1 is 1.23 bits per heavy atom. The summed E-state index contributed by atoms with van der Waals surface area (Å²) in [6.07, 6.45) is 2.29. The molecule has 2 heterocycles. The number of amides is 2. The zero-order valence-electron chi connectivity index (χ0n) is 15.4. The zero-order valence-corrected chi connectivity index (χ0v) is 15.4. The molecular weight excluding hydrogens is 332 g/mol. The van der Waals surface area contributed by atoms with Gasteiger partial charge in [0.2, 0.25) is 11.8 Å². The van der Waals surface area contributed by atoms with Gasteiger partial charge in [0.1, 0.15) is 0 Å². The molecule has 2 aliphatic rings. The molecule has 6 nitrogen and oxygen atoms in total. The lowest BCUT2D eigenvalue weighted by atomic mass is 9.77. The van der Waals surface area contributed by atoms with Crippen LogP contribution >= 0.6 is 0 Å². The first kappa shape index (κ1) is 18.4. The Hall–Kier alpha value is -2.37. The van der Waals surface area contributed by atoms with E-state index in [4.69, 9.17) is 0 Å². The van der Waals surface area contributed by atoms with Gasteiger partial charge in [0.25, 0.3) is 0 Å². The van der Waals surface area contributed by atoms with Gasteiger partial charge in [-0.1, -0.05) is 24.3 Å². The zero-order chi connectivity index (χ0) is 18.9. The second-order valence-electron chi connectivity index (χ2n) is 7.46. The molecule has 0 bridgehead atoms. The van der Waals surface area contributed by atoms with Crippen molar-refractivity contribution in [2.45, 2.75) is 44.6 Å². The van der Waals surface area contributed by atoms with Gasteiger partial charge in [0.15, 0.2) is 0 Å². The van der Waals surface area contributed by atoms with Crippen LogP contribution in [0.4, 0.5) is 0 Å². The highest BCUT2D eigenvalue weighted by Gasteiger charge is 2.55. The van der Waals surface area contributed by atoms with Crippen molar-refractivity contribution < 1.29 is 19.5 Å². The molecule has 2 saturated heterocycles. The molecule has 2 aliphatic heterocycles. The summed E-state index contributed by atoms with van der Waals surface area (Å²) < 4.78 is 0. The summed E-state index contributed by atoms with van der Waals surface area (Å²) in [4.78, 5) is 39.7. The first-order valence-corrected chi connectivity index (χ1v) is 9.17. The van der Waals surface area contributed by atoms with Crippen LogP contribution < -0.4 is 0 Å². The maximum absolute atomic E-state index is 12.6. The fourth-order valence-electron chi connectivity index (χ4n) is 4.42. The number of piperidine rings is 1. The number of hydrogen-bond acceptors (Lipinski definition) is 3. The number of aryl methyl sites for hydroxylation is 2. The number of carboxylic acid groups (broad SMARTS) is 1. The molecular formula is C20H26N2O4. The van der Waals surface area contributed by atoms with Crippen LogP contribution in [0, 0.1) is 12.8 Å². The van der Waals surface area contributed by atoms with Gasteiger partial charge in [-0.25, -0.2) is 0 Å². The van der Waals surface area contributed by atoms with Crippen LogP contribution in [0.5, 0.6) is 0 Å². The van der Waals surface area contributed by atoms with Crippen molar-refractivity contribution in [3.05, 3.63) is 35.4 Å². The quantitative estimate of drug-likeness (QED) is 0.891. The number of benzene rings is 1. The second-order valence-corrected chi connectivity index (χ2v) is 7.46. The van der Waals surface area contributed by atoms with E-state index in [9.17, 15) is 19.5 Å². The number of nitrogens with zero attached hydrogens (tertiary/aromatic N) is 2. The van der Waals surface area contributed by atoms with Crippen LogP contribution in [0.2, 0.25) is 0 Å². The van der Waals surface area contributed by atoms with Crippen LogP contribution in [-0.2, 0) is 20.8 Å². The predicted molar refractivity (Wildman–Crippen MR) is 96.6 cm³/mol. The Kier molecular flexibility index (Phi) is 5.03. The molecule has 0 aromatic heterocycles. The molecule has 1 unspecified atom stereocenters. The van der Waals surface area contributed by atoms with Gasteiger partial charge in [-0.3, -0.25) is 14.4 Å². The maximum Gasteiger partial charge on any atom is 0.309 e. The lowest BCUT2D eigenvalue weighted by Crippen LogP contribution is -2.57. The SMILES string of the molecule is Cc1ccccc1CCC(=O)N1CCC2(CC1)C(C(=O)O)CC(=O)N2C. The summed E-state index contributed by atoms with van der Waals surface area (Å²) >= 11 is 0. The predicted octanol–water partition coefficient (Wildman–Crippen LogP) is 1.85. The monoisotopic (exact) mass is 358 g/mol. The van der Waals surface area contributed by atoms with Gasteiger partial charge < -0.3 is 14.9 Å². The summed E-state index contributed by atoms with van der Waals surface area (Å²) in [5.74, 6) is -1.61. The van der Waals surface area contributed by atoms with Crippen molar-refractivity contribution in [1.82, 2.24) is 9.80 Å². The van der Waals surface area contributed by atoms with E-state index in [0.29, 0.717) is 38.8 Å². The van der Waals surface area contributed by atoms with E-state index in [2.05, 4.69) is 0 Å². The van der Waals surface area contributed by atoms with Gasteiger partial charge in [0.05, 0.1) is 11.5 Å².